The molecule has 0 saturated carbocycles. The SMILES string of the molecule is Cc1ccccc1-n1c(-c2ccc(C(C)(C)C)cc2)n[nH]c1=S. The normalized spacial score (nSPS) is 11.7. The molecule has 118 valence electrons. The highest BCUT2D eigenvalue weighted by Crippen LogP contribution is 2.27. The summed E-state index contributed by atoms with van der Waals surface area (Å²) in [6, 6.07) is 16.7. The van der Waals surface area contributed by atoms with E-state index in [1.165, 1.54) is 5.56 Å². The second kappa shape index (κ2) is 5.78. The van der Waals surface area contributed by atoms with Crippen molar-refractivity contribution >= 4 is 12.2 Å². The second-order valence-electron chi connectivity index (χ2n) is 6.80. The topological polar surface area (TPSA) is 33.6 Å². The van der Waals surface area contributed by atoms with Gasteiger partial charge in [-0.05, 0) is 41.7 Å². The molecule has 0 unspecified atom stereocenters. The van der Waals surface area contributed by atoms with E-state index in [-0.39, 0.29) is 5.41 Å². The lowest BCUT2D eigenvalue weighted by Gasteiger charge is -2.19. The van der Waals surface area contributed by atoms with Crippen molar-refractivity contribution in [2.24, 2.45) is 0 Å². The fourth-order valence-electron chi connectivity index (χ4n) is 2.65. The zero-order chi connectivity index (χ0) is 16.6. The van der Waals surface area contributed by atoms with E-state index >= 15 is 0 Å². The average Bonchev–Trinajstić information content (AvgIpc) is 2.89. The third-order valence-electron chi connectivity index (χ3n) is 4.04. The molecule has 1 heterocycles. The minimum Gasteiger partial charge on any atom is -0.268 e. The maximum absolute atomic E-state index is 5.44. The number of rotatable bonds is 2. The van der Waals surface area contributed by atoms with E-state index in [0.29, 0.717) is 4.77 Å². The van der Waals surface area contributed by atoms with Gasteiger partial charge in [0.1, 0.15) is 0 Å². The molecule has 1 N–H and O–H groups in total. The molecule has 2 aromatic carbocycles. The van der Waals surface area contributed by atoms with Gasteiger partial charge in [-0.15, -0.1) is 0 Å². The second-order valence-corrected chi connectivity index (χ2v) is 7.19. The zero-order valence-electron chi connectivity index (χ0n) is 13.9. The Bertz CT molecular complexity index is 880. The fourth-order valence-corrected chi connectivity index (χ4v) is 2.88. The Labute approximate surface area is 142 Å². The van der Waals surface area contributed by atoms with Crippen molar-refractivity contribution in [3.05, 3.63) is 64.4 Å². The van der Waals surface area contributed by atoms with Gasteiger partial charge in [-0.25, -0.2) is 0 Å². The van der Waals surface area contributed by atoms with Gasteiger partial charge in [-0.2, -0.15) is 5.10 Å². The van der Waals surface area contributed by atoms with E-state index in [2.05, 4.69) is 74.3 Å². The van der Waals surface area contributed by atoms with Crippen LogP contribution in [0.15, 0.2) is 48.5 Å². The van der Waals surface area contributed by atoms with Crippen molar-refractivity contribution in [2.45, 2.75) is 33.1 Å². The summed E-state index contributed by atoms with van der Waals surface area (Å²) in [5, 5.41) is 7.36. The third-order valence-corrected chi connectivity index (χ3v) is 4.31. The predicted octanol–water partition coefficient (Wildman–Crippen LogP) is 5.20. The molecule has 0 aliphatic carbocycles. The first-order chi connectivity index (χ1) is 10.9. The summed E-state index contributed by atoms with van der Waals surface area (Å²) in [5.41, 5.74) is 4.71. The summed E-state index contributed by atoms with van der Waals surface area (Å²) in [4.78, 5) is 0. The Balaban J connectivity index is 2.13. The molecule has 0 spiro atoms. The van der Waals surface area contributed by atoms with Crippen LogP contribution < -0.4 is 0 Å². The number of aromatic nitrogens is 3. The summed E-state index contributed by atoms with van der Waals surface area (Å²) in [6.07, 6.45) is 0. The summed E-state index contributed by atoms with van der Waals surface area (Å²) in [5.74, 6) is 0.838. The molecular formula is C19H21N3S. The van der Waals surface area contributed by atoms with Crippen molar-refractivity contribution in [2.75, 3.05) is 0 Å². The maximum atomic E-state index is 5.44. The quantitative estimate of drug-likeness (QED) is 0.657. The van der Waals surface area contributed by atoms with E-state index in [9.17, 15) is 0 Å². The average molecular weight is 323 g/mol. The standard InChI is InChI=1S/C19H21N3S/c1-13-7-5-6-8-16(13)22-17(20-21-18(22)23)14-9-11-15(12-10-14)19(2,3)4/h5-12H,1-4H3,(H,21,23). The monoisotopic (exact) mass is 323 g/mol. The molecule has 0 atom stereocenters. The van der Waals surface area contributed by atoms with Crippen LogP contribution in [0.2, 0.25) is 0 Å². The number of hydrogen-bond donors (Lipinski definition) is 1. The minimum atomic E-state index is 0.138. The van der Waals surface area contributed by atoms with E-state index in [1.807, 2.05) is 16.7 Å². The lowest BCUT2D eigenvalue weighted by molar-refractivity contribution is 0.590. The van der Waals surface area contributed by atoms with Gasteiger partial charge in [0.05, 0.1) is 5.69 Å². The Morgan fingerprint density at radius 3 is 2.26 bits per heavy atom. The number of aromatic amines is 1. The number of hydrogen-bond acceptors (Lipinski definition) is 2. The minimum absolute atomic E-state index is 0.138. The van der Waals surface area contributed by atoms with Crippen LogP contribution in [0.3, 0.4) is 0 Å². The largest absolute Gasteiger partial charge is 0.268 e. The summed E-state index contributed by atoms with van der Waals surface area (Å²) in [6.45, 7) is 8.72. The lowest BCUT2D eigenvalue weighted by atomic mass is 9.87. The molecule has 1 aromatic heterocycles. The van der Waals surface area contributed by atoms with Gasteiger partial charge in [0.15, 0.2) is 10.6 Å². The highest BCUT2D eigenvalue weighted by atomic mass is 32.1. The van der Waals surface area contributed by atoms with Gasteiger partial charge in [0, 0.05) is 5.56 Å². The van der Waals surface area contributed by atoms with Crippen LogP contribution in [0.5, 0.6) is 0 Å². The predicted molar refractivity (Wildman–Crippen MR) is 97.6 cm³/mol. The maximum Gasteiger partial charge on any atom is 0.200 e. The molecule has 0 bridgehead atoms. The van der Waals surface area contributed by atoms with Crippen LogP contribution in [0.25, 0.3) is 17.1 Å². The molecule has 23 heavy (non-hydrogen) atoms. The van der Waals surface area contributed by atoms with Gasteiger partial charge >= 0.3 is 0 Å². The smallest absolute Gasteiger partial charge is 0.200 e. The molecule has 3 aromatic rings. The van der Waals surface area contributed by atoms with Gasteiger partial charge in [0.2, 0.25) is 0 Å². The van der Waals surface area contributed by atoms with Crippen molar-refractivity contribution in [1.29, 1.82) is 0 Å². The molecule has 0 radical (unpaired) electrons. The van der Waals surface area contributed by atoms with Crippen LogP contribution in [-0.2, 0) is 5.41 Å². The van der Waals surface area contributed by atoms with E-state index in [1.54, 1.807) is 0 Å². The number of para-hydroxylation sites is 1. The van der Waals surface area contributed by atoms with Crippen molar-refractivity contribution in [1.82, 2.24) is 14.8 Å². The van der Waals surface area contributed by atoms with Gasteiger partial charge in [-0.3, -0.25) is 9.67 Å². The summed E-state index contributed by atoms with van der Waals surface area (Å²) < 4.78 is 2.60. The van der Waals surface area contributed by atoms with Crippen molar-refractivity contribution < 1.29 is 0 Å². The molecule has 3 rings (SSSR count). The van der Waals surface area contributed by atoms with Crippen LogP contribution in [0, 0.1) is 11.7 Å². The summed E-state index contributed by atoms with van der Waals surface area (Å²) in [7, 11) is 0. The Hall–Kier alpha value is -2.20. The third kappa shape index (κ3) is 2.99. The molecule has 4 heteroatoms. The number of nitrogens with one attached hydrogen (secondary N) is 1. The van der Waals surface area contributed by atoms with Gasteiger partial charge < -0.3 is 0 Å². The molecule has 0 aliphatic rings. The van der Waals surface area contributed by atoms with E-state index in [4.69, 9.17) is 12.2 Å². The van der Waals surface area contributed by atoms with Gasteiger partial charge in [0.25, 0.3) is 0 Å². The first-order valence-electron chi connectivity index (χ1n) is 7.72. The Morgan fingerprint density at radius 2 is 1.65 bits per heavy atom. The highest BCUT2D eigenvalue weighted by Gasteiger charge is 2.15. The van der Waals surface area contributed by atoms with Gasteiger partial charge in [-0.1, -0.05) is 63.2 Å². The van der Waals surface area contributed by atoms with E-state index in [0.717, 1.165) is 22.6 Å². The Morgan fingerprint density at radius 1 is 1.00 bits per heavy atom. The van der Waals surface area contributed by atoms with Crippen LogP contribution in [0.4, 0.5) is 0 Å². The fraction of sp³-hybridized carbons (Fsp3) is 0.263. The van der Waals surface area contributed by atoms with Crippen LogP contribution in [-0.4, -0.2) is 14.8 Å². The summed E-state index contributed by atoms with van der Waals surface area (Å²) >= 11 is 5.44. The van der Waals surface area contributed by atoms with Crippen molar-refractivity contribution in [3.8, 4) is 17.1 Å². The number of nitrogens with zero attached hydrogens (tertiary/aromatic N) is 2. The molecule has 0 saturated heterocycles. The lowest BCUT2D eigenvalue weighted by Crippen LogP contribution is -2.10. The number of benzene rings is 2. The molecular weight excluding hydrogens is 302 g/mol. The van der Waals surface area contributed by atoms with Crippen molar-refractivity contribution in [3.63, 3.8) is 0 Å². The molecule has 0 aliphatic heterocycles. The Kier molecular flexibility index (Phi) is 3.94. The number of H-pyrrole nitrogens is 1. The van der Waals surface area contributed by atoms with E-state index < -0.39 is 0 Å². The molecule has 3 nitrogen and oxygen atoms in total. The zero-order valence-corrected chi connectivity index (χ0v) is 14.7. The van der Waals surface area contributed by atoms with Crippen LogP contribution >= 0.6 is 12.2 Å². The first kappa shape index (κ1) is 15.7. The highest BCUT2D eigenvalue weighted by molar-refractivity contribution is 7.71. The number of aryl methyl sites for hydroxylation is 1. The molecule has 0 fully saturated rings. The molecule has 0 amide bonds. The first-order valence-corrected chi connectivity index (χ1v) is 8.13. The van der Waals surface area contributed by atoms with Crippen LogP contribution in [0.1, 0.15) is 31.9 Å².